The summed E-state index contributed by atoms with van der Waals surface area (Å²) in [5, 5.41) is 2.93. The molecule has 0 aliphatic carbocycles. The molecule has 132 valence electrons. The van der Waals surface area contributed by atoms with Crippen LogP contribution < -0.4 is 19.5 Å². The highest BCUT2D eigenvalue weighted by Crippen LogP contribution is 2.26. The number of carbonyl (C=O) groups excluding carboxylic acids is 1. The van der Waals surface area contributed by atoms with Gasteiger partial charge in [0.2, 0.25) is 5.91 Å². The number of benzene rings is 2. The summed E-state index contributed by atoms with van der Waals surface area (Å²) in [4.78, 5) is 12.2. The maximum atomic E-state index is 12.2. The zero-order valence-electron chi connectivity index (χ0n) is 14.9. The smallest absolute Gasteiger partial charge is 0.244 e. The molecular weight excluding hydrogens is 318 g/mol. The SMILES string of the molecule is COc1ccc(/C=C/C(=O)NC(C)c2ccccc2OC)c(OC)c1. The van der Waals surface area contributed by atoms with Crippen LogP contribution in [0.2, 0.25) is 0 Å². The van der Waals surface area contributed by atoms with Crippen molar-refractivity contribution in [2.24, 2.45) is 0 Å². The fraction of sp³-hybridized carbons (Fsp3) is 0.250. The predicted molar refractivity (Wildman–Crippen MR) is 98.1 cm³/mol. The van der Waals surface area contributed by atoms with Crippen molar-refractivity contribution in [1.29, 1.82) is 0 Å². The molecule has 0 aliphatic rings. The monoisotopic (exact) mass is 341 g/mol. The van der Waals surface area contributed by atoms with Gasteiger partial charge in [-0.2, -0.15) is 0 Å². The fourth-order valence-corrected chi connectivity index (χ4v) is 2.49. The molecule has 5 nitrogen and oxygen atoms in total. The minimum atomic E-state index is -0.198. The second-order valence-corrected chi connectivity index (χ2v) is 5.41. The van der Waals surface area contributed by atoms with Gasteiger partial charge in [0.15, 0.2) is 0 Å². The van der Waals surface area contributed by atoms with E-state index in [9.17, 15) is 4.79 Å². The van der Waals surface area contributed by atoms with Crippen LogP contribution in [0.4, 0.5) is 0 Å². The molecule has 0 saturated heterocycles. The zero-order chi connectivity index (χ0) is 18.2. The maximum absolute atomic E-state index is 12.2. The number of methoxy groups -OCH3 is 3. The number of amides is 1. The molecule has 0 aromatic heterocycles. The van der Waals surface area contributed by atoms with Gasteiger partial charge >= 0.3 is 0 Å². The van der Waals surface area contributed by atoms with E-state index >= 15 is 0 Å². The van der Waals surface area contributed by atoms with Crippen LogP contribution in [0.5, 0.6) is 17.2 Å². The first-order chi connectivity index (χ1) is 12.1. The number of carbonyl (C=O) groups is 1. The lowest BCUT2D eigenvalue weighted by atomic mass is 10.1. The molecule has 5 heteroatoms. The molecule has 2 rings (SSSR count). The van der Waals surface area contributed by atoms with Gasteiger partial charge in [0.25, 0.3) is 0 Å². The maximum Gasteiger partial charge on any atom is 0.244 e. The van der Waals surface area contributed by atoms with Crippen molar-refractivity contribution in [2.45, 2.75) is 13.0 Å². The third-order valence-electron chi connectivity index (χ3n) is 3.82. The van der Waals surface area contributed by atoms with Crippen LogP contribution in [-0.4, -0.2) is 27.2 Å². The Balaban J connectivity index is 2.08. The average Bonchev–Trinajstić information content (AvgIpc) is 2.65. The van der Waals surface area contributed by atoms with E-state index in [1.54, 1.807) is 33.5 Å². The summed E-state index contributed by atoms with van der Waals surface area (Å²) in [5.41, 5.74) is 1.72. The molecule has 1 unspecified atom stereocenters. The van der Waals surface area contributed by atoms with E-state index in [4.69, 9.17) is 14.2 Å². The Hall–Kier alpha value is -2.95. The largest absolute Gasteiger partial charge is 0.497 e. The molecule has 0 bridgehead atoms. The van der Waals surface area contributed by atoms with Gasteiger partial charge in [0.05, 0.1) is 27.4 Å². The van der Waals surface area contributed by atoms with Crippen LogP contribution >= 0.6 is 0 Å². The minimum absolute atomic E-state index is 0.175. The van der Waals surface area contributed by atoms with Gasteiger partial charge in [0.1, 0.15) is 17.2 Å². The molecule has 2 aromatic carbocycles. The summed E-state index contributed by atoms with van der Waals surface area (Å²) in [7, 11) is 4.79. The van der Waals surface area contributed by atoms with Gasteiger partial charge in [0, 0.05) is 23.3 Å². The highest BCUT2D eigenvalue weighted by molar-refractivity contribution is 5.92. The second-order valence-electron chi connectivity index (χ2n) is 5.41. The van der Waals surface area contributed by atoms with E-state index in [2.05, 4.69) is 5.32 Å². The van der Waals surface area contributed by atoms with Gasteiger partial charge in [-0.1, -0.05) is 18.2 Å². The quantitative estimate of drug-likeness (QED) is 0.782. The molecule has 0 aliphatic heterocycles. The lowest BCUT2D eigenvalue weighted by Gasteiger charge is -2.16. The summed E-state index contributed by atoms with van der Waals surface area (Å²) < 4.78 is 15.8. The Morgan fingerprint density at radius 3 is 2.40 bits per heavy atom. The van der Waals surface area contributed by atoms with E-state index in [0.29, 0.717) is 11.5 Å². The predicted octanol–water partition coefficient (Wildman–Crippen LogP) is 3.60. The van der Waals surface area contributed by atoms with Crippen molar-refractivity contribution >= 4 is 12.0 Å². The molecular formula is C20H23NO4. The minimum Gasteiger partial charge on any atom is -0.497 e. The fourth-order valence-electron chi connectivity index (χ4n) is 2.49. The molecule has 1 atom stereocenters. The number of hydrogen-bond donors (Lipinski definition) is 1. The topological polar surface area (TPSA) is 56.8 Å². The Morgan fingerprint density at radius 2 is 1.72 bits per heavy atom. The summed E-state index contributed by atoms with van der Waals surface area (Å²) in [6.45, 7) is 1.91. The first kappa shape index (κ1) is 18.4. The van der Waals surface area contributed by atoms with Crippen LogP contribution in [0.1, 0.15) is 24.1 Å². The number of hydrogen-bond acceptors (Lipinski definition) is 4. The highest BCUT2D eigenvalue weighted by atomic mass is 16.5. The van der Waals surface area contributed by atoms with Crippen LogP contribution in [0, 0.1) is 0 Å². The third-order valence-corrected chi connectivity index (χ3v) is 3.82. The number of rotatable bonds is 7. The van der Waals surface area contributed by atoms with E-state index in [1.807, 2.05) is 43.3 Å². The summed E-state index contributed by atoms with van der Waals surface area (Å²) in [6, 6.07) is 12.9. The number of ether oxygens (including phenoxy) is 3. The van der Waals surface area contributed by atoms with Crippen molar-refractivity contribution in [1.82, 2.24) is 5.32 Å². The van der Waals surface area contributed by atoms with E-state index < -0.39 is 0 Å². The van der Waals surface area contributed by atoms with E-state index in [1.165, 1.54) is 6.08 Å². The van der Waals surface area contributed by atoms with Gasteiger partial charge in [-0.05, 0) is 31.2 Å². The molecule has 0 radical (unpaired) electrons. The number of para-hydroxylation sites is 1. The van der Waals surface area contributed by atoms with Crippen LogP contribution in [0.15, 0.2) is 48.5 Å². The Morgan fingerprint density at radius 1 is 1.00 bits per heavy atom. The van der Waals surface area contributed by atoms with Crippen molar-refractivity contribution in [3.05, 3.63) is 59.7 Å². The van der Waals surface area contributed by atoms with Gasteiger partial charge in [-0.15, -0.1) is 0 Å². The molecule has 0 fully saturated rings. The molecule has 0 heterocycles. The Bertz CT molecular complexity index is 755. The normalized spacial score (nSPS) is 11.8. The second kappa shape index (κ2) is 8.78. The van der Waals surface area contributed by atoms with Crippen molar-refractivity contribution in [2.75, 3.05) is 21.3 Å². The average molecular weight is 341 g/mol. The van der Waals surface area contributed by atoms with Gasteiger partial charge in [-0.3, -0.25) is 4.79 Å². The summed E-state index contributed by atoms with van der Waals surface area (Å²) in [6.07, 6.45) is 3.19. The lowest BCUT2D eigenvalue weighted by molar-refractivity contribution is -0.117. The first-order valence-corrected chi connectivity index (χ1v) is 7.92. The first-order valence-electron chi connectivity index (χ1n) is 7.92. The van der Waals surface area contributed by atoms with Gasteiger partial charge < -0.3 is 19.5 Å². The van der Waals surface area contributed by atoms with Crippen LogP contribution in [0.3, 0.4) is 0 Å². The summed E-state index contributed by atoms with van der Waals surface area (Å²) in [5.74, 6) is 1.89. The molecule has 2 aromatic rings. The summed E-state index contributed by atoms with van der Waals surface area (Å²) >= 11 is 0. The lowest BCUT2D eigenvalue weighted by Crippen LogP contribution is -2.24. The van der Waals surface area contributed by atoms with Crippen LogP contribution in [-0.2, 0) is 4.79 Å². The van der Waals surface area contributed by atoms with Crippen molar-refractivity contribution in [3.8, 4) is 17.2 Å². The molecule has 0 saturated carbocycles. The van der Waals surface area contributed by atoms with Crippen LogP contribution in [0.25, 0.3) is 6.08 Å². The highest BCUT2D eigenvalue weighted by Gasteiger charge is 2.12. The van der Waals surface area contributed by atoms with E-state index in [0.717, 1.165) is 16.9 Å². The molecule has 1 amide bonds. The van der Waals surface area contributed by atoms with Crippen molar-refractivity contribution in [3.63, 3.8) is 0 Å². The molecule has 1 N–H and O–H groups in total. The standard InChI is InChI=1S/C20H23NO4/c1-14(17-7-5-6-8-18(17)24-3)21-20(22)12-10-15-9-11-16(23-2)13-19(15)25-4/h5-14H,1-4H3,(H,21,22)/b12-10+. The van der Waals surface area contributed by atoms with Gasteiger partial charge in [-0.25, -0.2) is 0 Å². The van der Waals surface area contributed by atoms with E-state index in [-0.39, 0.29) is 11.9 Å². The number of nitrogens with one attached hydrogen (secondary N) is 1. The Labute approximate surface area is 148 Å². The molecule has 25 heavy (non-hydrogen) atoms. The third kappa shape index (κ3) is 4.76. The Kier molecular flexibility index (Phi) is 6.46. The molecule has 0 spiro atoms. The van der Waals surface area contributed by atoms with Crippen molar-refractivity contribution < 1.29 is 19.0 Å². The zero-order valence-corrected chi connectivity index (χ0v) is 14.9.